The summed E-state index contributed by atoms with van der Waals surface area (Å²) < 4.78 is 0. The number of rotatable bonds is 8. The minimum Gasteiger partial charge on any atom is -0.356 e. The molecule has 3 nitrogen and oxygen atoms in total. The van der Waals surface area contributed by atoms with Crippen molar-refractivity contribution in [3.63, 3.8) is 0 Å². The van der Waals surface area contributed by atoms with Crippen molar-refractivity contribution < 1.29 is 4.79 Å². The molecule has 0 saturated carbocycles. The molecule has 1 saturated heterocycles. The van der Waals surface area contributed by atoms with Crippen LogP contribution < -0.4 is 10.6 Å². The van der Waals surface area contributed by atoms with Gasteiger partial charge in [-0.15, -0.1) is 0 Å². The Kier molecular flexibility index (Phi) is 7.46. The van der Waals surface area contributed by atoms with E-state index in [1.165, 1.54) is 24.0 Å². The number of nitrogens with one attached hydrogen (secondary N) is 2. The fourth-order valence-electron chi connectivity index (χ4n) is 4.15. The predicted octanol–water partition coefficient (Wildman–Crippen LogP) is 4.35. The van der Waals surface area contributed by atoms with E-state index in [1.807, 2.05) is 0 Å². The zero-order chi connectivity index (χ0) is 18.9. The molecule has 27 heavy (non-hydrogen) atoms. The van der Waals surface area contributed by atoms with Crippen molar-refractivity contribution in [2.24, 2.45) is 11.8 Å². The van der Waals surface area contributed by atoms with Gasteiger partial charge in [-0.25, -0.2) is 0 Å². The van der Waals surface area contributed by atoms with E-state index in [-0.39, 0.29) is 5.91 Å². The second kappa shape index (κ2) is 10.3. The Bertz CT molecular complexity index is 641. The summed E-state index contributed by atoms with van der Waals surface area (Å²) in [6, 6.07) is 21.2. The molecule has 0 bridgehead atoms. The zero-order valence-electron chi connectivity index (χ0n) is 16.4. The normalized spacial score (nSPS) is 18.2. The first-order valence-electron chi connectivity index (χ1n) is 10.3. The molecule has 0 aliphatic carbocycles. The van der Waals surface area contributed by atoms with Gasteiger partial charge in [-0.3, -0.25) is 4.79 Å². The monoisotopic (exact) mass is 364 g/mol. The van der Waals surface area contributed by atoms with Gasteiger partial charge < -0.3 is 10.6 Å². The molecule has 0 radical (unpaired) electrons. The molecule has 2 aromatic carbocycles. The van der Waals surface area contributed by atoms with E-state index < -0.39 is 0 Å². The zero-order valence-corrected chi connectivity index (χ0v) is 16.4. The molecule has 1 fully saturated rings. The number of piperidine rings is 1. The first-order chi connectivity index (χ1) is 13.2. The lowest BCUT2D eigenvalue weighted by molar-refractivity contribution is -0.122. The predicted molar refractivity (Wildman–Crippen MR) is 112 cm³/mol. The molecule has 2 N–H and O–H groups in total. The fourth-order valence-corrected chi connectivity index (χ4v) is 4.15. The van der Waals surface area contributed by atoms with Crippen molar-refractivity contribution >= 4 is 5.91 Å². The van der Waals surface area contributed by atoms with Crippen LogP contribution in [-0.2, 0) is 4.79 Å². The van der Waals surface area contributed by atoms with E-state index in [0.29, 0.717) is 30.7 Å². The van der Waals surface area contributed by atoms with Crippen LogP contribution in [0.25, 0.3) is 0 Å². The Labute approximate surface area is 163 Å². The highest BCUT2D eigenvalue weighted by atomic mass is 16.1. The number of carbonyl (C=O) groups excluding carboxylic acids is 1. The van der Waals surface area contributed by atoms with Gasteiger partial charge in [0.05, 0.1) is 0 Å². The lowest BCUT2D eigenvalue weighted by Crippen LogP contribution is -2.35. The average Bonchev–Trinajstić information content (AvgIpc) is 2.73. The van der Waals surface area contributed by atoms with Crippen LogP contribution in [0.15, 0.2) is 60.7 Å². The summed E-state index contributed by atoms with van der Waals surface area (Å²) in [4.78, 5) is 12.4. The number of benzene rings is 2. The van der Waals surface area contributed by atoms with Gasteiger partial charge in [-0.2, -0.15) is 0 Å². The Hall–Kier alpha value is -2.13. The van der Waals surface area contributed by atoms with Crippen molar-refractivity contribution in [2.75, 3.05) is 19.6 Å². The third kappa shape index (κ3) is 5.93. The van der Waals surface area contributed by atoms with Crippen LogP contribution in [0.5, 0.6) is 0 Å². The third-order valence-electron chi connectivity index (χ3n) is 5.81. The van der Waals surface area contributed by atoms with Gasteiger partial charge in [0.25, 0.3) is 0 Å². The van der Waals surface area contributed by atoms with Crippen LogP contribution in [0.1, 0.15) is 49.7 Å². The quantitative estimate of drug-likeness (QED) is 0.731. The first-order valence-corrected chi connectivity index (χ1v) is 10.3. The van der Waals surface area contributed by atoms with Gasteiger partial charge in [0, 0.05) is 18.9 Å². The number of amides is 1. The topological polar surface area (TPSA) is 41.1 Å². The summed E-state index contributed by atoms with van der Waals surface area (Å²) in [6.07, 6.45) is 4.02. The minimum absolute atomic E-state index is 0.188. The van der Waals surface area contributed by atoms with Crippen LogP contribution >= 0.6 is 0 Å². The third-order valence-corrected chi connectivity index (χ3v) is 5.81. The Morgan fingerprint density at radius 2 is 1.70 bits per heavy atom. The van der Waals surface area contributed by atoms with Crippen LogP contribution in [0.2, 0.25) is 0 Å². The molecule has 0 aromatic heterocycles. The van der Waals surface area contributed by atoms with Crippen molar-refractivity contribution in [1.82, 2.24) is 10.6 Å². The maximum absolute atomic E-state index is 12.4. The number of hydrogen-bond donors (Lipinski definition) is 2. The molecule has 1 aliphatic heterocycles. The molecule has 0 spiro atoms. The molecule has 1 heterocycles. The molecular formula is C24H32N2O. The summed E-state index contributed by atoms with van der Waals surface area (Å²) in [5.41, 5.74) is 2.61. The molecular weight excluding hydrogens is 332 g/mol. The van der Waals surface area contributed by atoms with Gasteiger partial charge in [0.1, 0.15) is 0 Å². The Morgan fingerprint density at radius 1 is 1.07 bits per heavy atom. The average molecular weight is 365 g/mol. The molecule has 1 aliphatic rings. The highest BCUT2D eigenvalue weighted by Crippen LogP contribution is 2.27. The summed E-state index contributed by atoms with van der Waals surface area (Å²) in [5, 5.41) is 6.62. The van der Waals surface area contributed by atoms with Crippen LogP contribution in [0.4, 0.5) is 0 Å². The summed E-state index contributed by atoms with van der Waals surface area (Å²) in [7, 11) is 0. The van der Waals surface area contributed by atoms with Gasteiger partial charge in [-0.05, 0) is 55.3 Å². The van der Waals surface area contributed by atoms with Crippen LogP contribution in [0, 0.1) is 11.8 Å². The van der Waals surface area contributed by atoms with Gasteiger partial charge in [0.15, 0.2) is 0 Å². The molecule has 3 heteroatoms. The van der Waals surface area contributed by atoms with E-state index in [2.05, 4.69) is 78.2 Å². The molecule has 2 unspecified atom stereocenters. The molecule has 1 amide bonds. The number of hydrogen-bond acceptors (Lipinski definition) is 2. The summed E-state index contributed by atoms with van der Waals surface area (Å²) in [6.45, 7) is 5.10. The molecule has 2 atom stereocenters. The van der Waals surface area contributed by atoms with Crippen molar-refractivity contribution in [2.45, 2.75) is 38.5 Å². The maximum Gasteiger partial charge on any atom is 0.220 e. The van der Waals surface area contributed by atoms with E-state index in [4.69, 9.17) is 0 Å². The Balaban J connectivity index is 1.52. The highest BCUT2D eigenvalue weighted by molar-refractivity contribution is 5.76. The standard InChI is InChI=1S/C24H32N2O/c1-19(22-13-8-15-25-18-22)17-24(27)26-16-14-23(20-9-4-2-5-10-20)21-11-6-3-7-12-21/h2-7,9-12,19,22-23,25H,8,13-18H2,1H3,(H,26,27). The largest absolute Gasteiger partial charge is 0.356 e. The first kappa shape index (κ1) is 19.6. The van der Waals surface area contributed by atoms with Crippen LogP contribution in [0.3, 0.4) is 0 Å². The fraction of sp³-hybridized carbons (Fsp3) is 0.458. The SMILES string of the molecule is CC(CC(=O)NCCC(c1ccccc1)c1ccccc1)C1CCCNC1. The molecule has 2 aromatic rings. The van der Waals surface area contributed by atoms with Gasteiger partial charge in [-0.1, -0.05) is 67.6 Å². The van der Waals surface area contributed by atoms with E-state index in [0.717, 1.165) is 19.5 Å². The second-order valence-corrected chi connectivity index (χ2v) is 7.80. The Morgan fingerprint density at radius 3 is 2.26 bits per heavy atom. The van der Waals surface area contributed by atoms with E-state index >= 15 is 0 Å². The van der Waals surface area contributed by atoms with Gasteiger partial charge in [0.2, 0.25) is 5.91 Å². The summed E-state index contributed by atoms with van der Waals surface area (Å²) >= 11 is 0. The molecule has 144 valence electrons. The minimum atomic E-state index is 0.188. The lowest BCUT2D eigenvalue weighted by atomic mass is 9.85. The van der Waals surface area contributed by atoms with Crippen molar-refractivity contribution in [3.8, 4) is 0 Å². The van der Waals surface area contributed by atoms with Crippen LogP contribution in [-0.4, -0.2) is 25.5 Å². The van der Waals surface area contributed by atoms with Crippen molar-refractivity contribution in [3.05, 3.63) is 71.8 Å². The molecule has 3 rings (SSSR count). The van der Waals surface area contributed by atoms with E-state index in [1.54, 1.807) is 0 Å². The maximum atomic E-state index is 12.4. The summed E-state index contributed by atoms with van der Waals surface area (Å²) in [5.74, 6) is 1.57. The van der Waals surface area contributed by atoms with E-state index in [9.17, 15) is 4.79 Å². The number of carbonyl (C=O) groups is 1. The second-order valence-electron chi connectivity index (χ2n) is 7.80. The van der Waals surface area contributed by atoms with Crippen molar-refractivity contribution in [1.29, 1.82) is 0 Å². The lowest BCUT2D eigenvalue weighted by Gasteiger charge is -2.28. The highest BCUT2D eigenvalue weighted by Gasteiger charge is 2.22. The van der Waals surface area contributed by atoms with Gasteiger partial charge >= 0.3 is 0 Å². The smallest absolute Gasteiger partial charge is 0.220 e.